The van der Waals surface area contributed by atoms with Crippen molar-refractivity contribution >= 4 is 11.6 Å². The smallest absolute Gasteiger partial charge is 0.255 e. The van der Waals surface area contributed by atoms with E-state index in [1.807, 2.05) is 78.9 Å². The lowest BCUT2D eigenvalue weighted by Crippen LogP contribution is -2.12. The molecule has 1 amide bonds. The van der Waals surface area contributed by atoms with Gasteiger partial charge in [0.05, 0.1) is 0 Å². The molecule has 0 aliphatic rings. The predicted octanol–water partition coefficient (Wildman–Crippen LogP) is 5.52. The van der Waals surface area contributed by atoms with Crippen molar-refractivity contribution in [2.75, 3.05) is 18.5 Å². The minimum Gasteiger partial charge on any atom is -0.490 e. The molecule has 4 nitrogen and oxygen atoms in total. The van der Waals surface area contributed by atoms with Crippen LogP contribution in [0.15, 0.2) is 78.9 Å². The van der Waals surface area contributed by atoms with Crippen LogP contribution in [0.5, 0.6) is 11.5 Å². The molecule has 4 heteroatoms. The summed E-state index contributed by atoms with van der Waals surface area (Å²) in [6.07, 6.45) is 0. The van der Waals surface area contributed by atoms with Crippen LogP contribution >= 0.6 is 0 Å². The number of hydrogen-bond acceptors (Lipinski definition) is 3. The SMILES string of the molecule is CC(C)c1ccc(C(=O)Nc2cccc(OCCOc3ccccc3)c2)cc1. The van der Waals surface area contributed by atoms with Gasteiger partial charge in [0, 0.05) is 17.3 Å². The summed E-state index contributed by atoms with van der Waals surface area (Å²) >= 11 is 0. The Morgan fingerprint density at radius 1 is 0.821 bits per heavy atom. The molecule has 0 bridgehead atoms. The molecule has 28 heavy (non-hydrogen) atoms. The van der Waals surface area contributed by atoms with Gasteiger partial charge in [0.2, 0.25) is 0 Å². The zero-order valence-electron chi connectivity index (χ0n) is 16.2. The van der Waals surface area contributed by atoms with Gasteiger partial charge in [-0.2, -0.15) is 0 Å². The molecule has 0 fully saturated rings. The molecule has 0 atom stereocenters. The number of rotatable bonds is 8. The van der Waals surface area contributed by atoms with E-state index in [1.165, 1.54) is 5.56 Å². The number of hydrogen-bond donors (Lipinski definition) is 1. The van der Waals surface area contributed by atoms with Crippen LogP contribution in [-0.4, -0.2) is 19.1 Å². The third kappa shape index (κ3) is 5.61. The van der Waals surface area contributed by atoms with Gasteiger partial charge in [0.1, 0.15) is 24.7 Å². The van der Waals surface area contributed by atoms with Crippen molar-refractivity contribution in [2.24, 2.45) is 0 Å². The molecular formula is C24H25NO3. The van der Waals surface area contributed by atoms with E-state index in [-0.39, 0.29) is 5.91 Å². The lowest BCUT2D eigenvalue weighted by molar-refractivity contribution is 0.102. The Morgan fingerprint density at radius 3 is 2.14 bits per heavy atom. The minimum absolute atomic E-state index is 0.139. The minimum atomic E-state index is -0.139. The largest absolute Gasteiger partial charge is 0.490 e. The number of nitrogens with one attached hydrogen (secondary N) is 1. The molecule has 0 heterocycles. The topological polar surface area (TPSA) is 47.6 Å². The molecule has 0 aromatic heterocycles. The maximum atomic E-state index is 12.5. The van der Waals surface area contributed by atoms with Crippen LogP contribution in [0.25, 0.3) is 0 Å². The van der Waals surface area contributed by atoms with E-state index in [0.717, 1.165) is 5.75 Å². The third-order valence-electron chi connectivity index (χ3n) is 4.30. The molecular weight excluding hydrogens is 350 g/mol. The summed E-state index contributed by atoms with van der Waals surface area (Å²) in [7, 11) is 0. The van der Waals surface area contributed by atoms with E-state index in [9.17, 15) is 4.79 Å². The first-order valence-corrected chi connectivity index (χ1v) is 9.44. The molecule has 3 rings (SSSR count). The van der Waals surface area contributed by atoms with Crippen molar-refractivity contribution in [1.82, 2.24) is 0 Å². The van der Waals surface area contributed by atoms with Gasteiger partial charge in [0.25, 0.3) is 5.91 Å². The summed E-state index contributed by atoms with van der Waals surface area (Å²) in [4.78, 5) is 12.5. The van der Waals surface area contributed by atoms with Crippen molar-refractivity contribution in [3.8, 4) is 11.5 Å². The standard InChI is InChI=1S/C24H25NO3/c1-18(2)19-11-13-20(14-12-19)24(26)25-21-7-6-10-23(17-21)28-16-15-27-22-8-4-3-5-9-22/h3-14,17-18H,15-16H2,1-2H3,(H,25,26). The molecule has 0 saturated carbocycles. The van der Waals surface area contributed by atoms with Crippen molar-refractivity contribution in [3.63, 3.8) is 0 Å². The second-order valence-corrected chi connectivity index (χ2v) is 6.77. The molecule has 0 unspecified atom stereocenters. The van der Waals surface area contributed by atoms with Crippen LogP contribution in [0.4, 0.5) is 5.69 Å². The van der Waals surface area contributed by atoms with Crippen LogP contribution in [-0.2, 0) is 0 Å². The Labute approximate surface area is 166 Å². The summed E-state index contributed by atoms with van der Waals surface area (Å²) in [5.74, 6) is 1.80. The average molecular weight is 375 g/mol. The van der Waals surface area contributed by atoms with Crippen LogP contribution in [0, 0.1) is 0 Å². The van der Waals surface area contributed by atoms with Crippen LogP contribution in [0.3, 0.4) is 0 Å². The number of anilines is 1. The molecule has 3 aromatic rings. The summed E-state index contributed by atoms with van der Waals surface area (Å²) in [6, 6.07) is 24.7. The predicted molar refractivity (Wildman–Crippen MR) is 112 cm³/mol. The Balaban J connectivity index is 1.51. The second kappa shape index (κ2) is 9.60. The first-order chi connectivity index (χ1) is 13.6. The number of amides is 1. The van der Waals surface area contributed by atoms with Crippen molar-refractivity contribution in [3.05, 3.63) is 90.0 Å². The van der Waals surface area contributed by atoms with Crippen molar-refractivity contribution < 1.29 is 14.3 Å². The quantitative estimate of drug-likeness (QED) is 0.527. The highest BCUT2D eigenvalue weighted by molar-refractivity contribution is 6.04. The lowest BCUT2D eigenvalue weighted by Gasteiger charge is -2.11. The molecule has 1 N–H and O–H groups in total. The Morgan fingerprint density at radius 2 is 1.46 bits per heavy atom. The van der Waals surface area contributed by atoms with Crippen LogP contribution in [0.2, 0.25) is 0 Å². The zero-order chi connectivity index (χ0) is 19.8. The number of carbonyl (C=O) groups excluding carboxylic acids is 1. The zero-order valence-corrected chi connectivity index (χ0v) is 16.2. The summed E-state index contributed by atoms with van der Waals surface area (Å²) in [5.41, 5.74) is 2.54. The van der Waals surface area contributed by atoms with E-state index >= 15 is 0 Å². The fourth-order valence-electron chi connectivity index (χ4n) is 2.72. The molecule has 0 aliphatic carbocycles. The first kappa shape index (κ1) is 19.5. The molecule has 0 spiro atoms. The van der Waals surface area contributed by atoms with E-state index in [4.69, 9.17) is 9.47 Å². The van der Waals surface area contributed by atoms with E-state index in [0.29, 0.717) is 36.1 Å². The third-order valence-corrected chi connectivity index (χ3v) is 4.30. The molecule has 0 saturated heterocycles. The lowest BCUT2D eigenvalue weighted by atomic mass is 10.0. The second-order valence-electron chi connectivity index (χ2n) is 6.77. The highest BCUT2D eigenvalue weighted by Gasteiger charge is 2.08. The fraction of sp³-hybridized carbons (Fsp3) is 0.208. The number of ether oxygens (including phenoxy) is 2. The Kier molecular flexibility index (Phi) is 6.68. The van der Waals surface area contributed by atoms with Gasteiger partial charge in [-0.3, -0.25) is 4.79 Å². The summed E-state index contributed by atoms with van der Waals surface area (Å²) in [6.45, 7) is 5.13. The van der Waals surface area contributed by atoms with Crippen LogP contribution in [0.1, 0.15) is 35.7 Å². The normalized spacial score (nSPS) is 10.5. The summed E-state index contributed by atoms with van der Waals surface area (Å²) in [5, 5.41) is 2.91. The summed E-state index contributed by atoms with van der Waals surface area (Å²) < 4.78 is 11.3. The van der Waals surface area contributed by atoms with Crippen molar-refractivity contribution in [2.45, 2.75) is 19.8 Å². The van der Waals surface area contributed by atoms with Gasteiger partial charge in [-0.25, -0.2) is 0 Å². The van der Waals surface area contributed by atoms with Gasteiger partial charge >= 0.3 is 0 Å². The molecule has 0 radical (unpaired) electrons. The highest BCUT2D eigenvalue weighted by Crippen LogP contribution is 2.19. The Hall–Kier alpha value is -3.27. The number of carbonyl (C=O) groups is 1. The Bertz CT molecular complexity index is 889. The number of para-hydroxylation sites is 1. The van der Waals surface area contributed by atoms with Gasteiger partial charge in [0.15, 0.2) is 0 Å². The average Bonchev–Trinajstić information content (AvgIpc) is 2.72. The number of benzene rings is 3. The van der Waals surface area contributed by atoms with Crippen LogP contribution < -0.4 is 14.8 Å². The fourth-order valence-corrected chi connectivity index (χ4v) is 2.72. The van der Waals surface area contributed by atoms with Crippen molar-refractivity contribution in [1.29, 1.82) is 0 Å². The monoisotopic (exact) mass is 375 g/mol. The van der Waals surface area contributed by atoms with Gasteiger partial charge in [-0.05, 0) is 47.9 Å². The molecule has 144 valence electrons. The molecule has 3 aromatic carbocycles. The van der Waals surface area contributed by atoms with E-state index < -0.39 is 0 Å². The maximum absolute atomic E-state index is 12.5. The van der Waals surface area contributed by atoms with Gasteiger partial charge < -0.3 is 14.8 Å². The highest BCUT2D eigenvalue weighted by atomic mass is 16.5. The van der Waals surface area contributed by atoms with E-state index in [2.05, 4.69) is 19.2 Å². The van der Waals surface area contributed by atoms with E-state index in [1.54, 1.807) is 0 Å². The molecule has 0 aliphatic heterocycles. The first-order valence-electron chi connectivity index (χ1n) is 9.44. The van der Waals surface area contributed by atoms with Gasteiger partial charge in [-0.1, -0.05) is 50.2 Å². The maximum Gasteiger partial charge on any atom is 0.255 e. The van der Waals surface area contributed by atoms with Gasteiger partial charge in [-0.15, -0.1) is 0 Å².